The minimum absolute atomic E-state index is 0.153. The number of anilines is 1. The molecule has 0 aliphatic rings. The fourth-order valence-corrected chi connectivity index (χ4v) is 1.81. The highest BCUT2D eigenvalue weighted by molar-refractivity contribution is 9.10. The maximum atomic E-state index is 11.8. The molecule has 0 aliphatic carbocycles. The third-order valence-electron chi connectivity index (χ3n) is 2.32. The van der Waals surface area contributed by atoms with Crippen molar-refractivity contribution in [1.82, 2.24) is 4.98 Å². The summed E-state index contributed by atoms with van der Waals surface area (Å²) in [5, 5.41) is 11.9. The summed E-state index contributed by atoms with van der Waals surface area (Å²) in [6.45, 7) is 0. The van der Waals surface area contributed by atoms with Crippen LogP contribution in [0.3, 0.4) is 0 Å². The van der Waals surface area contributed by atoms with Crippen LogP contribution < -0.4 is 5.32 Å². The van der Waals surface area contributed by atoms with Gasteiger partial charge < -0.3 is 10.4 Å². The molecule has 0 radical (unpaired) electrons. The molecule has 2 aromatic rings. The van der Waals surface area contributed by atoms with Gasteiger partial charge in [0.15, 0.2) is 0 Å². The number of phenols is 1. The van der Waals surface area contributed by atoms with Crippen molar-refractivity contribution in [1.29, 1.82) is 0 Å². The first-order chi connectivity index (χ1) is 8.65. The second-order valence-electron chi connectivity index (χ2n) is 3.73. The number of carbonyl (C=O) groups is 1. The molecular weight excluding hydrogens is 296 g/mol. The Kier molecular flexibility index (Phi) is 3.94. The number of pyridine rings is 1. The molecule has 0 saturated heterocycles. The van der Waals surface area contributed by atoms with E-state index in [4.69, 9.17) is 5.11 Å². The number of amides is 1. The van der Waals surface area contributed by atoms with Gasteiger partial charge in [-0.25, -0.2) is 4.98 Å². The highest BCUT2D eigenvalue weighted by Crippen LogP contribution is 2.18. The van der Waals surface area contributed by atoms with E-state index in [1.807, 2.05) is 6.07 Å². The molecular formula is C13H11BrN2O2. The normalized spacial score (nSPS) is 10.1. The van der Waals surface area contributed by atoms with Crippen LogP contribution in [0.25, 0.3) is 0 Å². The Hall–Kier alpha value is -1.88. The molecule has 0 unspecified atom stereocenters. The average Bonchev–Trinajstić information content (AvgIpc) is 2.35. The number of benzene rings is 1. The molecule has 2 rings (SSSR count). The first-order valence-electron chi connectivity index (χ1n) is 5.33. The number of carbonyl (C=O) groups excluding carboxylic acids is 1. The minimum Gasteiger partial charge on any atom is -0.508 e. The predicted octanol–water partition coefficient (Wildman–Crippen LogP) is 2.73. The third-order valence-corrected chi connectivity index (χ3v) is 2.96. The van der Waals surface area contributed by atoms with Gasteiger partial charge in [0.2, 0.25) is 5.91 Å². The maximum absolute atomic E-state index is 11.8. The predicted molar refractivity (Wildman–Crippen MR) is 72.4 cm³/mol. The lowest BCUT2D eigenvalue weighted by atomic mass is 10.1. The smallest absolute Gasteiger partial charge is 0.229 e. The highest BCUT2D eigenvalue weighted by Gasteiger charge is 2.07. The van der Waals surface area contributed by atoms with Crippen molar-refractivity contribution in [3.63, 3.8) is 0 Å². The fraction of sp³-hybridized carbons (Fsp3) is 0.0769. The second-order valence-corrected chi connectivity index (χ2v) is 4.58. The minimum atomic E-state index is -0.153. The Labute approximate surface area is 113 Å². The summed E-state index contributed by atoms with van der Waals surface area (Å²) in [7, 11) is 0. The number of hydrogen-bond donors (Lipinski definition) is 2. The summed E-state index contributed by atoms with van der Waals surface area (Å²) in [6.07, 6.45) is 1.85. The third kappa shape index (κ3) is 3.30. The van der Waals surface area contributed by atoms with Gasteiger partial charge in [-0.3, -0.25) is 4.79 Å². The van der Waals surface area contributed by atoms with Crippen LogP contribution in [-0.4, -0.2) is 16.0 Å². The Morgan fingerprint density at radius 3 is 2.67 bits per heavy atom. The highest BCUT2D eigenvalue weighted by atomic mass is 79.9. The summed E-state index contributed by atoms with van der Waals surface area (Å²) in [4.78, 5) is 15.8. The van der Waals surface area contributed by atoms with Crippen molar-refractivity contribution in [3.05, 3.63) is 52.6 Å². The largest absolute Gasteiger partial charge is 0.508 e. The van der Waals surface area contributed by atoms with Gasteiger partial charge >= 0.3 is 0 Å². The standard InChI is InChI=1S/C13H11BrN2O2/c14-11-2-1-7-15-13(11)16-12(18)8-9-3-5-10(17)6-4-9/h1-7,17H,8H2,(H,15,16,18). The van der Waals surface area contributed by atoms with Crippen LogP contribution in [-0.2, 0) is 11.2 Å². The number of nitrogens with one attached hydrogen (secondary N) is 1. The summed E-state index contributed by atoms with van der Waals surface area (Å²) in [6, 6.07) is 10.1. The van der Waals surface area contributed by atoms with Crippen LogP contribution in [0.1, 0.15) is 5.56 Å². The maximum Gasteiger partial charge on any atom is 0.229 e. The zero-order valence-corrected chi connectivity index (χ0v) is 11.0. The van der Waals surface area contributed by atoms with E-state index in [9.17, 15) is 4.79 Å². The first kappa shape index (κ1) is 12.6. The molecule has 1 aromatic heterocycles. The molecule has 0 atom stereocenters. The number of hydrogen-bond acceptors (Lipinski definition) is 3. The van der Waals surface area contributed by atoms with Crippen LogP contribution >= 0.6 is 15.9 Å². The van der Waals surface area contributed by atoms with E-state index < -0.39 is 0 Å². The molecule has 1 amide bonds. The van der Waals surface area contributed by atoms with Crippen molar-refractivity contribution in [2.45, 2.75) is 6.42 Å². The molecule has 5 heteroatoms. The summed E-state index contributed by atoms with van der Waals surface area (Å²) in [5.74, 6) is 0.535. The molecule has 1 aromatic carbocycles. The zero-order valence-electron chi connectivity index (χ0n) is 9.43. The monoisotopic (exact) mass is 306 g/mol. The molecule has 92 valence electrons. The van der Waals surface area contributed by atoms with Gasteiger partial charge in [-0.05, 0) is 45.8 Å². The Morgan fingerprint density at radius 1 is 1.28 bits per heavy atom. The van der Waals surface area contributed by atoms with Crippen molar-refractivity contribution >= 4 is 27.7 Å². The molecule has 1 heterocycles. The van der Waals surface area contributed by atoms with Crippen LogP contribution in [0.15, 0.2) is 47.1 Å². The van der Waals surface area contributed by atoms with Crippen LogP contribution in [0, 0.1) is 0 Å². The first-order valence-corrected chi connectivity index (χ1v) is 6.13. The van der Waals surface area contributed by atoms with Gasteiger partial charge in [0, 0.05) is 6.20 Å². The molecule has 2 N–H and O–H groups in total. The van der Waals surface area contributed by atoms with Gasteiger partial charge in [0.05, 0.1) is 10.9 Å². The number of nitrogens with zero attached hydrogens (tertiary/aromatic N) is 1. The fourth-order valence-electron chi connectivity index (χ4n) is 1.45. The molecule has 0 bridgehead atoms. The molecule has 0 spiro atoms. The van der Waals surface area contributed by atoms with Gasteiger partial charge in [0.1, 0.15) is 11.6 Å². The van der Waals surface area contributed by atoms with E-state index >= 15 is 0 Å². The number of halogens is 1. The van der Waals surface area contributed by atoms with E-state index in [1.54, 1.807) is 36.5 Å². The number of aromatic nitrogens is 1. The van der Waals surface area contributed by atoms with Crippen LogP contribution in [0.2, 0.25) is 0 Å². The van der Waals surface area contributed by atoms with Gasteiger partial charge in [0.25, 0.3) is 0 Å². The number of rotatable bonds is 3. The van der Waals surface area contributed by atoms with Crippen molar-refractivity contribution in [2.75, 3.05) is 5.32 Å². The van der Waals surface area contributed by atoms with E-state index in [0.29, 0.717) is 5.82 Å². The van der Waals surface area contributed by atoms with Crippen molar-refractivity contribution in [3.8, 4) is 5.75 Å². The lowest BCUT2D eigenvalue weighted by Gasteiger charge is -2.06. The Balaban J connectivity index is 2.01. The molecule has 0 fully saturated rings. The lowest BCUT2D eigenvalue weighted by Crippen LogP contribution is -2.15. The summed E-state index contributed by atoms with van der Waals surface area (Å²) in [5.41, 5.74) is 0.831. The zero-order chi connectivity index (χ0) is 13.0. The van der Waals surface area contributed by atoms with Crippen LogP contribution in [0.4, 0.5) is 5.82 Å². The Bertz CT molecular complexity index is 555. The van der Waals surface area contributed by atoms with E-state index in [1.165, 1.54) is 0 Å². The van der Waals surface area contributed by atoms with Crippen molar-refractivity contribution in [2.24, 2.45) is 0 Å². The lowest BCUT2D eigenvalue weighted by molar-refractivity contribution is -0.115. The number of phenolic OH excluding ortho intramolecular Hbond substituents is 1. The average molecular weight is 307 g/mol. The molecule has 0 aliphatic heterocycles. The molecule has 18 heavy (non-hydrogen) atoms. The van der Waals surface area contributed by atoms with Gasteiger partial charge in [-0.15, -0.1) is 0 Å². The SMILES string of the molecule is O=C(Cc1ccc(O)cc1)Nc1ncccc1Br. The van der Waals surface area contributed by atoms with Gasteiger partial charge in [-0.2, -0.15) is 0 Å². The quantitative estimate of drug-likeness (QED) is 0.916. The summed E-state index contributed by atoms with van der Waals surface area (Å²) < 4.78 is 0.740. The number of aromatic hydroxyl groups is 1. The van der Waals surface area contributed by atoms with E-state index in [0.717, 1.165) is 10.0 Å². The molecule has 0 saturated carbocycles. The van der Waals surface area contributed by atoms with Crippen LogP contribution in [0.5, 0.6) is 5.75 Å². The van der Waals surface area contributed by atoms with E-state index in [2.05, 4.69) is 26.2 Å². The Morgan fingerprint density at radius 2 is 2.00 bits per heavy atom. The second kappa shape index (κ2) is 5.64. The van der Waals surface area contributed by atoms with Crippen molar-refractivity contribution < 1.29 is 9.90 Å². The van der Waals surface area contributed by atoms with E-state index in [-0.39, 0.29) is 18.1 Å². The van der Waals surface area contributed by atoms with Gasteiger partial charge in [-0.1, -0.05) is 12.1 Å². The molecule has 4 nitrogen and oxygen atoms in total. The summed E-state index contributed by atoms with van der Waals surface area (Å²) >= 11 is 3.31. The topological polar surface area (TPSA) is 62.2 Å².